The number of piperidine rings is 1. The number of aryl methyl sites for hydroxylation is 1. The molecule has 7 nitrogen and oxygen atoms in total. The lowest BCUT2D eigenvalue weighted by atomic mass is 10.0. The number of amides is 1. The van der Waals surface area contributed by atoms with Gasteiger partial charge in [0.1, 0.15) is 0 Å². The molecule has 3 rings (SSSR count). The van der Waals surface area contributed by atoms with Crippen LogP contribution in [0, 0.1) is 0 Å². The van der Waals surface area contributed by atoms with Crippen molar-refractivity contribution < 1.29 is 13.2 Å². The number of halogens is 1. The van der Waals surface area contributed by atoms with Crippen LogP contribution in [0.5, 0.6) is 0 Å². The highest BCUT2D eigenvalue weighted by atomic mass is 35.5. The van der Waals surface area contributed by atoms with Crippen molar-refractivity contribution in [2.45, 2.75) is 39.2 Å². The highest BCUT2D eigenvalue weighted by molar-refractivity contribution is 7.89. The lowest BCUT2D eigenvalue weighted by Gasteiger charge is -2.32. The van der Waals surface area contributed by atoms with E-state index in [1.165, 1.54) is 0 Å². The number of sulfonamides is 1. The minimum atomic E-state index is -3.20. The molecule has 0 saturated carbocycles. The van der Waals surface area contributed by atoms with Crippen molar-refractivity contribution in [3.8, 4) is 0 Å². The molecule has 162 valence electrons. The van der Waals surface area contributed by atoms with Crippen LogP contribution in [0.3, 0.4) is 0 Å². The minimum absolute atomic E-state index is 0.00390. The number of carbonyl (C=O) groups is 1. The summed E-state index contributed by atoms with van der Waals surface area (Å²) >= 11 is 6.03. The summed E-state index contributed by atoms with van der Waals surface area (Å²) in [5, 5.41) is 6.83. The van der Waals surface area contributed by atoms with Crippen molar-refractivity contribution in [1.29, 1.82) is 0 Å². The fourth-order valence-electron chi connectivity index (χ4n) is 3.59. The Bertz CT molecular complexity index is 1010. The number of rotatable bonds is 7. The quantitative estimate of drug-likeness (QED) is 0.669. The van der Waals surface area contributed by atoms with Crippen LogP contribution in [0.25, 0.3) is 0 Å². The molecule has 1 saturated heterocycles. The molecule has 9 heteroatoms. The first-order valence-electron chi connectivity index (χ1n) is 10.1. The molecule has 2 heterocycles. The fourth-order valence-corrected chi connectivity index (χ4v) is 4.97. The average Bonchev–Trinajstić information content (AvgIpc) is 2.74. The monoisotopic (exact) mass is 450 g/mol. The van der Waals surface area contributed by atoms with E-state index < -0.39 is 10.0 Å². The second kappa shape index (κ2) is 9.76. The molecule has 1 fully saturated rings. The minimum Gasteiger partial charge on any atom is -0.380 e. The van der Waals surface area contributed by atoms with Crippen LogP contribution < -0.4 is 10.6 Å². The summed E-state index contributed by atoms with van der Waals surface area (Å²) in [6, 6.07) is 7.02. The van der Waals surface area contributed by atoms with E-state index in [2.05, 4.69) is 15.6 Å². The summed E-state index contributed by atoms with van der Waals surface area (Å²) in [4.78, 5) is 16.9. The second-order valence-electron chi connectivity index (χ2n) is 7.31. The normalized spacial score (nSPS) is 17.5. The molecule has 2 aromatic rings. The number of pyridine rings is 1. The Morgan fingerprint density at radius 2 is 2.00 bits per heavy atom. The molecule has 0 aliphatic carbocycles. The van der Waals surface area contributed by atoms with Gasteiger partial charge in [-0.05, 0) is 56.0 Å². The summed E-state index contributed by atoms with van der Waals surface area (Å²) in [6.07, 6.45) is 5.62. The van der Waals surface area contributed by atoms with Crippen molar-refractivity contribution in [2.75, 3.05) is 29.5 Å². The highest BCUT2D eigenvalue weighted by Crippen LogP contribution is 2.22. The molecular weight excluding hydrogens is 424 g/mol. The largest absolute Gasteiger partial charge is 0.380 e. The molecule has 1 aliphatic heterocycles. The van der Waals surface area contributed by atoms with E-state index >= 15 is 0 Å². The smallest absolute Gasteiger partial charge is 0.255 e. The third-order valence-electron chi connectivity index (χ3n) is 5.20. The summed E-state index contributed by atoms with van der Waals surface area (Å²) in [5.74, 6) is -0.117. The van der Waals surface area contributed by atoms with Gasteiger partial charge < -0.3 is 10.6 Å². The maximum atomic E-state index is 12.7. The Hall–Kier alpha value is -2.16. The standard InChI is InChI=1S/C21H27ClN4O3S/c1-3-15-10-16(22)7-8-20(15)21(27)25-19-11-18(12-23-13-19)24-17-6-5-9-26(14-17)30(28,29)4-2/h7-8,10-13,17,24H,3-6,9,14H2,1-2H3,(H,25,27). The van der Waals surface area contributed by atoms with E-state index in [1.54, 1.807) is 47.9 Å². The fraction of sp³-hybridized carbons (Fsp3) is 0.429. The van der Waals surface area contributed by atoms with E-state index in [1.807, 2.05) is 6.92 Å². The van der Waals surface area contributed by atoms with Gasteiger partial charge in [0.15, 0.2) is 0 Å². The summed E-state index contributed by atoms with van der Waals surface area (Å²) in [5.41, 5.74) is 2.76. The van der Waals surface area contributed by atoms with E-state index in [0.717, 1.165) is 24.1 Å². The van der Waals surface area contributed by atoms with E-state index in [-0.39, 0.29) is 17.7 Å². The van der Waals surface area contributed by atoms with Gasteiger partial charge in [0.25, 0.3) is 5.91 Å². The predicted octanol–water partition coefficient (Wildman–Crippen LogP) is 3.78. The zero-order valence-corrected chi connectivity index (χ0v) is 18.8. The molecule has 2 N–H and O–H groups in total. The third-order valence-corrected chi connectivity index (χ3v) is 7.29. The molecule has 1 aromatic heterocycles. The van der Waals surface area contributed by atoms with Gasteiger partial charge in [-0.25, -0.2) is 8.42 Å². The van der Waals surface area contributed by atoms with Crippen LogP contribution in [0.1, 0.15) is 42.6 Å². The predicted molar refractivity (Wildman–Crippen MR) is 121 cm³/mol. The van der Waals surface area contributed by atoms with Gasteiger partial charge in [-0.1, -0.05) is 18.5 Å². The van der Waals surface area contributed by atoms with Gasteiger partial charge in [-0.3, -0.25) is 9.78 Å². The number of benzene rings is 1. The Morgan fingerprint density at radius 1 is 1.23 bits per heavy atom. The van der Waals surface area contributed by atoms with Gasteiger partial charge in [-0.2, -0.15) is 4.31 Å². The summed E-state index contributed by atoms with van der Waals surface area (Å²) in [7, 11) is -3.20. The van der Waals surface area contributed by atoms with Crippen LogP contribution in [-0.2, 0) is 16.4 Å². The first-order valence-corrected chi connectivity index (χ1v) is 12.1. The van der Waals surface area contributed by atoms with E-state index in [4.69, 9.17) is 11.6 Å². The number of anilines is 2. The first-order chi connectivity index (χ1) is 14.3. The second-order valence-corrected chi connectivity index (χ2v) is 10.0. The first kappa shape index (κ1) is 22.5. The van der Waals surface area contributed by atoms with Crippen LogP contribution in [0.2, 0.25) is 5.02 Å². The van der Waals surface area contributed by atoms with Crippen molar-refractivity contribution in [1.82, 2.24) is 9.29 Å². The number of nitrogens with zero attached hydrogens (tertiary/aromatic N) is 2. The molecule has 1 unspecified atom stereocenters. The van der Waals surface area contributed by atoms with Gasteiger partial charge in [0.05, 0.1) is 29.5 Å². The van der Waals surface area contributed by atoms with Crippen LogP contribution >= 0.6 is 11.6 Å². The molecule has 1 aromatic carbocycles. The van der Waals surface area contributed by atoms with Gasteiger partial charge in [0, 0.05) is 29.7 Å². The van der Waals surface area contributed by atoms with Crippen LogP contribution in [0.4, 0.5) is 11.4 Å². The molecule has 1 amide bonds. The molecule has 0 radical (unpaired) electrons. The topological polar surface area (TPSA) is 91.4 Å². The molecular formula is C21H27ClN4O3S. The Labute approximate surface area is 182 Å². The van der Waals surface area contributed by atoms with E-state index in [9.17, 15) is 13.2 Å². The Morgan fingerprint density at radius 3 is 2.73 bits per heavy atom. The number of aromatic nitrogens is 1. The maximum Gasteiger partial charge on any atom is 0.255 e. The number of carbonyl (C=O) groups excluding carboxylic acids is 1. The SMILES string of the molecule is CCc1cc(Cl)ccc1C(=O)Nc1cncc(NC2CCCN(S(=O)(=O)CC)C2)c1. The van der Waals surface area contributed by atoms with Crippen molar-refractivity contribution in [2.24, 2.45) is 0 Å². The molecule has 0 bridgehead atoms. The lowest BCUT2D eigenvalue weighted by molar-refractivity contribution is 0.102. The summed E-state index contributed by atoms with van der Waals surface area (Å²) in [6.45, 7) is 4.62. The van der Waals surface area contributed by atoms with Crippen molar-refractivity contribution >= 4 is 38.9 Å². The lowest BCUT2D eigenvalue weighted by Crippen LogP contribution is -2.45. The van der Waals surface area contributed by atoms with Gasteiger partial charge in [-0.15, -0.1) is 0 Å². The molecule has 1 aliphatic rings. The average molecular weight is 451 g/mol. The van der Waals surface area contributed by atoms with Gasteiger partial charge in [0.2, 0.25) is 10.0 Å². The van der Waals surface area contributed by atoms with Crippen LogP contribution in [0.15, 0.2) is 36.7 Å². The Balaban J connectivity index is 1.68. The maximum absolute atomic E-state index is 12.7. The van der Waals surface area contributed by atoms with Crippen LogP contribution in [-0.4, -0.2) is 48.5 Å². The number of hydrogen-bond donors (Lipinski definition) is 2. The zero-order valence-electron chi connectivity index (χ0n) is 17.2. The Kier molecular flexibility index (Phi) is 7.33. The molecule has 1 atom stereocenters. The molecule has 30 heavy (non-hydrogen) atoms. The van der Waals surface area contributed by atoms with E-state index in [0.29, 0.717) is 35.8 Å². The summed E-state index contributed by atoms with van der Waals surface area (Å²) < 4.78 is 25.9. The zero-order chi connectivity index (χ0) is 21.7. The van der Waals surface area contributed by atoms with Crippen molar-refractivity contribution in [3.05, 3.63) is 52.8 Å². The molecule has 0 spiro atoms. The van der Waals surface area contributed by atoms with Gasteiger partial charge >= 0.3 is 0 Å². The number of hydrogen-bond acceptors (Lipinski definition) is 5. The van der Waals surface area contributed by atoms with Crippen molar-refractivity contribution in [3.63, 3.8) is 0 Å². The highest BCUT2D eigenvalue weighted by Gasteiger charge is 2.27. The number of nitrogens with one attached hydrogen (secondary N) is 2. The third kappa shape index (κ3) is 5.50.